The molecule has 0 aliphatic heterocycles. The van der Waals surface area contributed by atoms with Gasteiger partial charge in [-0.15, -0.1) is 11.6 Å². The first-order valence-electron chi connectivity index (χ1n) is 7.14. The number of carbonyl (C=O) groups is 1. The van der Waals surface area contributed by atoms with E-state index in [1.54, 1.807) is 25.1 Å². The molecule has 0 amide bonds. The number of aryl methyl sites for hydroxylation is 1. The molecule has 1 N–H and O–H groups in total. The zero-order valence-electron chi connectivity index (χ0n) is 12.7. The van der Waals surface area contributed by atoms with E-state index in [1.807, 2.05) is 30.3 Å². The van der Waals surface area contributed by atoms with Crippen LogP contribution >= 0.6 is 11.6 Å². The summed E-state index contributed by atoms with van der Waals surface area (Å²) in [4.78, 5) is 12.2. The highest BCUT2D eigenvalue weighted by atomic mass is 35.5. The first-order chi connectivity index (χ1) is 10.9. The fourth-order valence-corrected chi connectivity index (χ4v) is 3.93. The second kappa shape index (κ2) is 7.73. The minimum absolute atomic E-state index is 0.167. The molecule has 0 radical (unpaired) electrons. The lowest BCUT2D eigenvalue weighted by atomic mass is 10.0. The monoisotopic (exact) mass is 351 g/mol. The van der Waals surface area contributed by atoms with Gasteiger partial charge in [0.25, 0.3) is 0 Å². The molecule has 0 saturated carbocycles. The fraction of sp³-hybridized carbons (Fsp3) is 0.235. The van der Waals surface area contributed by atoms with Crippen molar-refractivity contribution in [3.05, 3.63) is 65.7 Å². The quantitative estimate of drug-likeness (QED) is 0.780. The Morgan fingerprint density at radius 3 is 2.30 bits per heavy atom. The lowest BCUT2D eigenvalue weighted by Gasteiger charge is -2.18. The zero-order valence-corrected chi connectivity index (χ0v) is 14.3. The van der Waals surface area contributed by atoms with E-state index in [9.17, 15) is 13.2 Å². The van der Waals surface area contributed by atoms with E-state index >= 15 is 0 Å². The number of carbonyl (C=O) groups excluding carboxylic acids is 1. The van der Waals surface area contributed by atoms with E-state index in [0.717, 1.165) is 5.56 Å². The summed E-state index contributed by atoms with van der Waals surface area (Å²) in [5.74, 6) is -0.596. The number of nitrogens with one attached hydrogen (secondary N) is 1. The highest BCUT2D eigenvalue weighted by Gasteiger charge is 2.26. The molecule has 0 spiro atoms. The van der Waals surface area contributed by atoms with Crippen LogP contribution in [0.1, 0.15) is 11.1 Å². The minimum Gasteiger partial charge on any atom is -0.297 e. The Labute approximate surface area is 141 Å². The molecule has 0 bridgehead atoms. The third-order valence-corrected chi connectivity index (χ3v) is 5.38. The Balaban J connectivity index is 2.27. The van der Waals surface area contributed by atoms with Crippen LogP contribution in [-0.2, 0) is 21.2 Å². The Bertz CT molecular complexity index is 775. The van der Waals surface area contributed by atoms with Crippen LogP contribution in [0.3, 0.4) is 0 Å². The number of hydrogen-bond acceptors (Lipinski definition) is 3. The van der Waals surface area contributed by atoms with Crippen molar-refractivity contribution in [3.63, 3.8) is 0 Å². The lowest BCUT2D eigenvalue weighted by Crippen LogP contribution is -2.43. The van der Waals surface area contributed by atoms with Gasteiger partial charge >= 0.3 is 0 Å². The average Bonchev–Trinajstić information content (AvgIpc) is 2.54. The number of ketones is 1. The summed E-state index contributed by atoms with van der Waals surface area (Å²) in [6.45, 7) is 1.71. The number of Topliss-reactive ketones (excluding diaryl/α,β-unsaturated/α-hetero) is 1. The molecule has 4 nitrogen and oxygen atoms in total. The summed E-state index contributed by atoms with van der Waals surface area (Å²) in [6.07, 6.45) is 0.261. The second-order valence-corrected chi connectivity index (χ2v) is 7.18. The molecule has 0 fully saturated rings. The van der Waals surface area contributed by atoms with Gasteiger partial charge in [-0.1, -0.05) is 48.5 Å². The maximum absolute atomic E-state index is 12.6. The van der Waals surface area contributed by atoms with Gasteiger partial charge in [-0.05, 0) is 30.5 Å². The van der Waals surface area contributed by atoms with Crippen LogP contribution in [0.4, 0.5) is 0 Å². The van der Waals surface area contributed by atoms with Gasteiger partial charge in [0.1, 0.15) is 0 Å². The van der Waals surface area contributed by atoms with E-state index in [-0.39, 0.29) is 23.0 Å². The zero-order chi connectivity index (χ0) is 16.9. The first kappa shape index (κ1) is 17.7. The number of halogens is 1. The van der Waals surface area contributed by atoms with Gasteiger partial charge in [0.2, 0.25) is 10.0 Å². The molecular weight excluding hydrogens is 334 g/mol. The summed E-state index contributed by atoms with van der Waals surface area (Å²) >= 11 is 5.63. The third kappa shape index (κ3) is 4.64. The highest BCUT2D eigenvalue weighted by Crippen LogP contribution is 2.15. The smallest absolute Gasteiger partial charge is 0.241 e. The Morgan fingerprint density at radius 1 is 1.09 bits per heavy atom. The van der Waals surface area contributed by atoms with Gasteiger partial charge in [0.05, 0.1) is 16.8 Å². The summed E-state index contributed by atoms with van der Waals surface area (Å²) in [5, 5.41) is 0. The van der Waals surface area contributed by atoms with E-state index in [1.165, 1.54) is 6.07 Å². The Hall–Kier alpha value is -1.69. The lowest BCUT2D eigenvalue weighted by molar-refractivity contribution is -0.118. The number of alkyl halides is 1. The topological polar surface area (TPSA) is 63.2 Å². The van der Waals surface area contributed by atoms with E-state index < -0.39 is 16.1 Å². The molecule has 2 aromatic carbocycles. The minimum atomic E-state index is -3.79. The molecule has 0 aliphatic rings. The van der Waals surface area contributed by atoms with E-state index in [2.05, 4.69) is 4.72 Å². The van der Waals surface area contributed by atoms with Crippen LogP contribution in [0.2, 0.25) is 0 Å². The van der Waals surface area contributed by atoms with Crippen molar-refractivity contribution in [1.82, 2.24) is 4.72 Å². The predicted octanol–water partition coefficient (Wildman–Crippen LogP) is 2.69. The fourth-order valence-electron chi connectivity index (χ4n) is 2.27. The number of rotatable bonds is 7. The molecule has 2 aromatic rings. The van der Waals surface area contributed by atoms with Crippen LogP contribution in [0.25, 0.3) is 0 Å². The van der Waals surface area contributed by atoms with Gasteiger partial charge in [-0.2, -0.15) is 0 Å². The van der Waals surface area contributed by atoms with Crippen molar-refractivity contribution < 1.29 is 13.2 Å². The average molecular weight is 352 g/mol. The van der Waals surface area contributed by atoms with Crippen LogP contribution in [0.5, 0.6) is 0 Å². The molecule has 0 aliphatic carbocycles. The molecule has 0 aromatic heterocycles. The third-order valence-electron chi connectivity index (χ3n) is 3.48. The SMILES string of the molecule is Cc1ccccc1S(=O)(=O)NC(Cc1ccccc1)C(=O)CCl. The molecule has 122 valence electrons. The van der Waals surface area contributed by atoms with Crippen molar-refractivity contribution in [2.45, 2.75) is 24.3 Å². The summed E-state index contributed by atoms with van der Waals surface area (Å²) < 4.78 is 27.6. The van der Waals surface area contributed by atoms with Crippen LogP contribution in [0, 0.1) is 6.92 Å². The van der Waals surface area contributed by atoms with Crippen LogP contribution in [0.15, 0.2) is 59.5 Å². The summed E-state index contributed by atoms with van der Waals surface area (Å²) in [5.41, 5.74) is 1.49. The van der Waals surface area contributed by atoms with E-state index in [0.29, 0.717) is 5.56 Å². The Kier molecular flexibility index (Phi) is 5.93. The van der Waals surface area contributed by atoms with Gasteiger partial charge < -0.3 is 0 Å². The maximum atomic E-state index is 12.6. The van der Waals surface area contributed by atoms with E-state index in [4.69, 9.17) is 11.6 Å². The molecular formula is C17H18ClNO3S. The molecule has 1 atom stereocenters. The van der Waals surface area contributed by atoms with Crippen molar-refractivity contribution in [3.8, 4) is 0 Å². The van der Waals surface area contributed by atoms with Crippen molar-refractivity contribution >= 4 is 27.4 Å². The maximum Gasteiger partial charge on any atom is 0.241 e. The van der Waals surface area contributed by atoms with Crippen molar-refractivity contribution in [2.24, 2.45) is 0 Å². The normalized spacial score (nSPS) is 12.8. The summed E-state index contributed by atoms with van der Waals surface area (Å²) in [6, 6.07) is 15.0. The highest BCUT2D eigenvalue weighted by molar-refractivity contribution is 7.89. The molecule has 0 saturated heterocycles. The number of benzene rings is 2. The number of sulfonamides is 1. The number of hydrogen-bond donors (Lipinski definition) is 1. The molecule has 1 unspecified atom stereocenters. The van der Waals surface area contributed by atoms with Crippen LogP contribution < -0.4 is 4.72 Å². The molecule has 2 rings (SSSR count). The van der Waals surface area contributed by atoms with Gasteiger partial charge in [0, 0.05) is 0 Å². The van der Waals surface area contributed by atoms with Gasteiger partial charge in [-0.3, -0.25) is 4.79 Å². The molecule has 0 heterocycles. The molecule has 6 heteroatoms. The summed E-state index contributed by atoms with van der Waals surface area (Å²) in [7, 11) is -3.79. The largest absolute Gasteiger partial charge is 0.297 e. The predicted molar refractivity (Wildman–Crippen MR) is 91.2 cm³/mol. The first-order valence-corrected chi connectivity index (χ1v) is 9.16. The Morgan fingerprint density at radius 2 is 1.70 bits per heavy atom. The standard InChI is InChI=1S/C17H18ClNO3S/c1-13-7-5-6-10-17(13)23(21,22)19-15(16(20)12-18)11-14-8-3-2-4-9-14/h2-10,15,19H,11-12H2,1H3. The van der Waals surface area contributed by atoms with Gasteiger partial charge in [0.15, 0.2) is 5.78 Å². The second-order valence-electron chi connectivity index (χ2n) is 5.23. The molecule has 23 heavy (non-hydrogen) atoms. The van der Waals surface area contributed by atoms with Gasteiger partial charge in [-0.25, -0.2) is 13.1 Å². The van der Waals surface area contributed by atoms with Crippen molar-refractivity contribution in [1.29, 1.82) is 0 Å². The van der Waals surface area contributed by atoms with Crippen molar-refractivity contribution in [2.75, 3.05) is 5.88 Å². The van der Waals surface area contributed by atoms with Crippen LogP contribution in [-0.4, -0.2) is 26.1 Å².